The maximum Gasteiger partial charge on any atom is 0.215 e. The zero-order valence-corrected chi connectivity index (χ0v) is 16.0. The maximum atomic E-state index is 10.6. The van der Waals surface area contributed by atoms with Gasteiger partial charge >= 0.3 is 0 Å². The lowest BCUT2D eigenvalue weighted by molar-refractivity contribution is -0.272. The SMILES string of the molecule is NCC1=CCC(N)C(OC2C(N)CC(N)C(O)C2OC2OC(CO)C(O)C2O)O1. The number of ether oxygens (including phenoxy) is 4. The second kappa shape index (κ2) is 9.49. The number of aliphatic hydroxyl groups excluding tert-OH is 4. The quantitative estimate of drug-likeness (QED) is 0.204. The molecule has 0 radical (unpaired) electrons. The Kier molecular flexibility index (Phi) is 7.46. The largest absolute Gasteiger partial charge is 0.467 e. The van der Waals surface area contributed by atoms with Crippen molar-refractivity contribution in [3.63, 3.8) is 0 Å². The molecule has 11 unspecified atom stereocenters. The first-order valence-corrected chi connectivity index (χ1v) is 9.70. The summed E-state index contributed by atoms with van der Waals surface area (Å²) in [7, 11) is 0. The van der Waals surface area contributed by atoms with Gasteiger partial charge in [-0.25, -0.2) is 0 Å². The van der Waals surface area contributed by atoms with Crippen LogP contribution in [0, 0.1) is 0 Å². The average molecular weight is 420 g/mol. The van der Waals surface area contributed by atoms with E-state index in [0.29, 0.717) is 12.2 Å². The molecule has 3 aliphatic rings. The number of hydrogen-bond acceptors (Lipinski definition) is 12. The lowest BCUT2D eigenvalue weighted by Gasteiger charge is -2.45. The van der Waals surface area contributed by atoms with E-state index in [9.17, 15) is 20.4 Å². The van der Waals surface area contributed by atoms with Crippen LogP contribution in [0.1, 0.15) is 12.8 Å². The van der Waals surface area contributed by atoms with Gasteiger partial charge in [-0.15, -0.1) is 0 Å². The minimum Gasteiger partial charge on any atom is -0.467 e. The van der Waals surface area contributed by atoms with E-state index in [1.807, 2.05) is 0 Å². The van der Waals surface area contributed by atoms with Crippen molar-refractivity contribution in [2.24, 2.45) is 22.9 Å². The molecule has 29 heavy (non-hydrogen) atoms. The minimum atomic E-state index is -1.44. The molecule has 3 rings (SSSR count). The van der Waals surface area contributed by atoms with Crippen molar-refractivity contribution in [3.8, 4) is 0 Å². The van der Waals surface area contributed by atoms with Crippen LogP contribution in [-0.2, 0) is 18.9 Å². The van der Waals surface area contributed by atoms with E-state index in [2.05, 4.69) is 0 Å². The zero-order valence-electron chi connectivity index (χ0n) is 16.0. The molecule has 2 fully saturated rings. The van der Waals surface area contributed by atoms with Crippen LogP contribution in [0.3, 0.4) is 0 Å². The van der Waals surface area contributed by atoms with Gasteiger partial charge in [0.15, 0.2) is 6.29 Å². The first-order valence-electron chi connectivity index (χ1n) is 9.70. The molecule has 0 aromatic heterocycles. The standard InChI is InChI=1S/C17H32N4O8/c18-4-6-1-2-7(19)16(26-6)28-14-9(21)3-8(20)11(23)15(14)29-17-13(25)12(24)10(5-22)27-17/h1,7-17,22-25H,2-5,18-21H2. The van der Waals surface area contributed by atoms with Crippen molar-refractivity contribution in [2.45, 2.75) is 80.2 Å². The molecule has 11 atom stereocenters. The highest BCUT2D eigenvalue weighted by atomic mass is 16.7. The lowest BCUT2D eigenvalue weighted by Crippen LogP contribution is -2.65. The summed E-state index contributed by atoms with van der Waals surface area (Å²) in [6.07, 6.45) is -6.64. The summed E-state index contributed by atoms with van der Waals surface area (Å²) >= 11 is 0. The number of hydrogen-bond donors (Lipinski definition) is 8. The van der Waals surface area contributed by atoms with Crippen LogP contribution < -0.4 is 22.9 Å². The Morgan fingerprint density at radius 2 is 1.62 bits per heavy atom. The summed E-state index contributed by atoms with van der Waals surface area (Å²) in [6.45, 7) is -0.331. The highest BCUT2D eigenvalue weighted by Crippen LogP contribution is 2.31. The smallest absolute Gasteiger partial charge is 0.215 e. The van der Waals surface area contributed by atoms with Crippen LogP contribution in [-0.4, -0.2) is 101 Å². The molecule has 0 amide bonds. The Bertz CT molecular complexity index is 584. The Morgan fingerprint density at radius 1 is 0.931 bits per heavy atom. The molecule has 1 saturated carbocycles. The first kappa shape index (κ1) is 22.8. The van der Waals surface area contributed by atoms with E-state index < -0.39 is 73.9 Å². The second-order valence-electron chi connectivity index (χ2n) is 7.72. The Labute approximate surface area is 168 Å². The van der Waals surface area contributed by atoms with Gasteiger partial charge in [-0.1, -0.05) is 0 Å². The van der Waals surface area contributed by atoms with E-state index in [0.717, 1.165) is 0 Å². The van der Waals surface area contributed by atoms with Gasteiger partial charge < -0.3 is 62.3 Å². The molecule has 12 nitrogen and oxygen atoms in total. The van der Waals surface area contributed by atoms with Gasteiger partial charge in [0.25, 0.3) is 0 Å². The van der Waals surface area contributed by atoms with E-state index in [1.165, 1.54) is 0 Å². The number of nitrogens with two attached hydrogens (primary N) is 4. The van der Waals surface area contributed by atoms with Crippen LogP contribution in [0.4, 0.5) is 0 Å². The van der Waals surface area contributed by atoms with Crippen LogP contribution in [0.5, 0.6) is 0 Å². The van der Waals surface area contributed by atoms with Crippen molar-refractivity contribution < 1.29 is 39.4 Å². The molecular formula is C17H32N4O8. The summed E-state index contributed by atoms with van der Waals surface area (Å²) in [5, 5.41) is 40.0. The summed E-state index contributed by atoms with van der Waals surface area (Å²) in [5.74, 6) is 0.527. The predicted molar refractivity (Wildman–Crippen MR) is 98.7 cm³/mol. The highest BCUT2D eigenvalue weighted by Gasteiger charge is 2.50. The topological polar surface area (TPSA) is 222 Å². The number of aliphatic hydroxyl groups is 4. The van der Waals surface area contributed by atoms with Gasteiger partial charge in [0.2, 0.25) is 6.29 Å². The fraction of sp³-hybridized carbons (Fsp3) is 0.882. The maximum absolute atomic E-state index is 10.6. The Morgan fingerprint density at radius 3 is 2.24 bits per heavy atom. The molecule has 0 aromatic carbocycles. The summed E-state index contributed by atoms with van der Waals surface area (Å²) in [5.41, 5.74) is 23.9. The molecule has 12 heteroatoms. The van der Waals surface area contributed by atoms with Crippen LogP contribution >= 0.6 is 0 Å². The third kappa shape index (κ3) is 4.73. The summed E-state index contributed by atoms with van der Waals surface area (Å²) < 4.78 is 22.7. The molecule has 0 bridgehead atoms. The fourth-order valence-corrected chi connectivity index (χ4v) is 3.82. The zero-order chi connectivity index (χ0) is 21.3. The van der Waals surface area contributed by atoms with Crippen molar-refractivity contribution in [1.82, 2.24) is 0 Å². The molecule has 1 aliphatic carbocycles. The third-order valence-corrected chi connectivity index (χ3v) is 5.58. The average Bonchev–Trinajstić information content (AvgIpc) is 2.97. The number of rotatable bonds is 6. The van der Waals surface area contributed by atoms with Crippen molar-refractivity contribution in [2.75, 3.05) is 13.2 Å². The molecule has 12 N–H and O–H groups in total. The van der Waals surface area contributed by atoms with Crippen molar-refractivity contribution >= 4 is 0 Å². The molecular weight excluding hydrogens is 388 g/mol. The molecule has 0 aromatic rings. The minimum absolute atomic E-state index is 0.180. The van der Waals surface area contributed by atoms with Gasteiger partial charge in [-0.2, -0.15) is 0 Å². The lowest BCUT2D eigenvalue weighted by atomic mass is 9.84. The van der Waals surface area contributed by atoms with E-state index in [1.54, 1.807) is 6.08 Å². The Hall–Kier alpha value is -0.900. The molecule has 2 aliphatic heterocycles. The fourth-order valence-electron chi connectivity index (χ4n) is 3.82. The normalized spacial score (nSPS) is 48.3. The molecule has 1 saturated heterocycles. The predicted octanol–water partition coefficient (Wildman–Crippen LogP) is -4.47. The second-order valence-corrected chi connectivity index (χ2v) is 7.72. The molecule has 2 heterocycles. The van der Waals surface area contributed by atoms with E-state index >= 15 is 0 Å². The van der Waals surface area contributed by atoms with Crippen LogP contribution in [0.25, 0.3) is 0 Å². The first-order chi connectivity index (χ1) is 13.8. The van der Waals surface area contributed by atoms with Crippen molar-refractivity contribution in [1.29, 1.82) is 0 Å². The van der Waals surface area contributed by atoms with Crippen LogP contribution in [0.2, 0.25) is 0 Å². The Balaban J connectivity index is 1.75. The van der Waals surface area contributed by atoms with E-state index in [4.69, 9.17) is 41.9 Å². The summed E-state index contributed by atoms with van der Waals surface area (Å²) in [4.78, 5) is 0. The van der Waals surface area contributed by atoms with Gasteiger partial charge in [0, 0.05) is 12.1 Å². The highest BCUT2D eigenvalue weighted by molar-refractivity contribution is 5.04. The van der Waals surface area contributed by atoms with E-state index in [-0.39, 0.29) is 13.0 Å². The van der Waals surface area contributed by atoms with Gasteiger partial charge in [0.05, 0.1) is 25.3 Å². The molecule has 168 valence electrons. The van der Waals surface area contributed by atoms with Crippen molar-refractivity contribution in [3.05, 3.63) is 11.8 Å². The monoisotopic (exact) mass is 420 g/mol. The van der Waals surface area contributed by atoms with Gasteiger partial charge in [-0.3, -0.25) is 0 Å². The van der Waals surface area contributed by atoms with Gasteiger partial charge in [0.1, 0.15) is 36.3 Å². The summed E-state index contributed by atoms with van der Waals surface area (Å²) in [6, 6.07) is -1.81. The molecule has 0 spiro atoms. The third-order valence-electron chi connectivity index (χ3n) is 5.58. The van der Waals surface area contributed by atoms with Crippen LogP contribution in [0.15, 0.2) is 11.8 Å². The van der Waals surface area contributed by atoms with Gasteiger partial charge in [-0.05, 0) is 18.9 Å².